The summed E-state index contributed by atoms with van der Waals surface area (Å²) in [5.41, 5.74) is -0.409. The highest BCUT2D eigenvalue weighted by Crippen LogP contribution is 2.12. The second kappa shape index (κ2) is 5.57. The van der Waals surface area contributed by atoms with Crippen LogP contribution in [-0.4, -0.2) is 23.0 Å². The van der Waals surface area contributed by atoms with Crippen molar-refractivity contribution in [3.63, 3.8) is 0 Å². The predicted octanol–water partition coefficient (Wildman–Crippen LogP) is 1.99. The van der Waals surface area contributed by atoms with Crippen LogP contribution in [0.5, 0.6) is 0 Å². The first-order valence-electron chi connectivity index (χ1n) is 5.37. The van der Waals surface area contributed by atoms with Gasteiger partial charge in [-0.05, 0) is 26.8 Å². The predicted molar refractivity (Wildman–Crippen MR) is 62.4 cm³/mol. The van der Waals surface area contributed by atoms with Gasteiger partial charge < -0.3 is 14.8 Å². The molecule has 1 amide bonds. The maximum Gasteiger partial charge on any atom is 0.408 e. The lowest BCUT2D eigenvalue weighted by molar-refractivity contribution is -0.109. The molecule has 0 aromatic carbocycles. The molecule has 1 aromatic heterocycles. The Kier molecular flexibility index (Phi) is 4.36. The fourth-order valence-corrected chi connectivity index (χ4v) is 1.23. The first-order valence-corrected chi connectivity index (χ1v) is 5.37. The molecule has 0 saturated carbocycles. The second-order valence-corrected chi connectivity index (χ2v) is 4.70. The number of carbonyl (C=O) groups is 2. The summed E-state index contributed by atoms with van der Waals surface area (Å²) >= 11 is 0. The number of hydrogen-bond donors (Lipinski definition) is 1. The fraction of sp³-hybridized carbons (Fsp3) is 0.417. The van der Waals surface area contributed by atoms with E-state index < -0.39 is 23.6 Å². The summed E-state index contributed by atoms with van der Waals surface area (Å²) < 4.78 is 17.9. The molecule has 0 aliphatic rings. The molecule has 0 aliphatic heterocycles. The SMILES string of the molecule is CC(C)(C)OC(=O)NC(C=O)c1cncc(F)c1. The van der Waals surface area contributed by atoms with E-state index in [4.69, 9.17) is 4.74 Å². The van der Waals surface area contributed by atoms with Crippen molar-refractivity contribution in [2.75, 3.05) is 0 Å². The number of carbonyl (C=O) groups excluding carboxylic acids is 2. The topological polar surface area (TPSA) is 68.3 Å². The molecular formula is C12H15FN2O3. The van der Waals surface area contributed by atoms with E-state index in [0.29, 0.717) is 6.29 Å². The Morgan fingerprint density at radius 1 is 1.50 bits per heavy atom. The number of hydrogen-bond acceptors (Lipinski definition) is 4. The van der Waals surface area contributed by atoms with Crippen LogP contribution < -0.4 is 5.32 Å². The molecule has 0 spiro atoms. The smallest absolute Gasteiger partial charge is 0.408 e. The monoisotopic (exact) mass is 254 g/mol. The molecule has 1 unspecified atom stereocenters. The van der Waals surface area contributed by atoms with Gasteiger partial charge in [-0.2, -0.15) is 0 Å². The molecule has 1 rings (SSSR count). The lowest BCUT2D eigenvalue weighted by Gasteiger charge is -2.21. The van der Waals surface area contributed by atoms with Crippen LogP contribution in [0.3, 0.4) is 0 Å². The Morgan fingerprint density at radius 2 is 2.17 bits per heavy atom. The van der Waals surface area contributed by atoms with E-state index in [-0.39, 0.29) is 5.56 Å². The number of amides is 1. The molecule has 1 heterocycles. The number of alkyl carbamates (subject to hydrolysis) is 1. The van der Waals surface area contributed by atoms with Gasteiger partial charge in [0.15, 0.2) is 0 Å². The van der Waals surface area contributed by atoms with Crippen LogP contribution in [0.25, 0.3) is 0 Å². The molecule has 0 radical (unpaired) electrons. The lowest BCUT2D eigenvalue weighted by atomic mass is 10.1. The molecule has 18 heavy (non-hydrogen) atoms. The van der Waals surface area contributed by atoms with Crippen molar-refractivity contribution in [3.8, 4) is 0 Å². The van der Waals surface area contributed by atoms with Crippen LogP contribution in [0, 0.1) is 5.82 Å². The lowest BCUT2D eigenvalue weighted by Crippen LogP contribution is -2.35. The molecule has 98 valence electrons. The van der Waals surface area contributed by atoms with Gasteiger partial charge in [-0.25, -0.2) is 9.18 Å². The van der Waals surface area contributed by atoms with Crippen LogP contribution >= 0.6 is 0 Å². The summed E-state index contributed by atoms with van der Waals surface area (Å²) in [5.74, 6) is -0.578. The fourth-order valence-electron chi connectivity index (χ4n) is 1.23. The number of aromatic nitrogens is 1. The first-order chi connectivity index (χ1) is 8.31. The first kappa shape index (κ1) is 14.1. The largest absolute Gasteiger partial charge is 0.444 e. The van der Waals surface area contributed by atoms with Gasteiger partial charge in [-0.3, -0.25) is 4.98 Å². The summed E-state index contributed by atoms with van der Waals surface area (Å²) in [6.45, 7) is 5.10. The highest BCUT2D eigenvalue weighted by Gasteiger charge is 2.20. The van der Waals surface area contributed by atoms with Crippen LogP contribution in [0.4, 0.5) is 9.18 Å². The third kappa shape index (κ3) is 4.48. The standard InChI is InChI=1S/C12H15FN2O3/c1-12(2,3)18-11(17)15-10(7-16)8-4-9(13)6-14-5-8/h4-7,10H,1-3H3,(H,15,17). The third-order valence-corrected chi connectivity index (χ3v) is 1.89. The van der Waals surface area contributed by atoms with E-state index >= 15 is 0 Å². The van der Waals surface area contributed by atoms with Crippen LogP contribution in [0.2, 0.25) is 0 Å². The second-order valence-electron chi connectivity index (χ2n) is 4.70. The Balaban J connectivity index is 2.74. The Labute approximate surface area is 104 Å². The van der Waals surface area contributed by atoms with E-state index in [2.05, 4.69) is 10.3 Å². The number of aldehydes is 1. The molecule has 5 nitrogen and oxygen atoms in total. The average Bonchev–Trinajstić information content (AvgIpc) is 2.23. The van der Waals surface area contributed by atoms with Crippen molar-refractivity contribution in [1.82, 2.24) is 10.3 Å². The molecule has 0 saturated heterocycles. The van der Waals surface area contributed by atoms with Crippen molar-refractivity contribution in [2.24, 2.45) is 0 Å². The number of pyridine rings is 1. The zero-order chi connectivity index (χ0) is 13.8. The van der Waals surface area contributed by atoms with Gasteiger partial charge in [0.25, 0.3) is 0 Å². The maximum absolute atomic E-state index is 13.0. The molecule has 0 fully saturated rings. The van der Waals surface area contributed by atoms with Crippen molar-refractivity contribution >= 4 is 12.4 Å². The molecule has 0 bridgehead atoms. The minimum atomic E-state index is -0.983. The Bertz CT molecular complexity index is 443. The summed E-state index contributed by atoms with van der Waals surface area (Å²) in [6.07, 6.45) is 2.06. The quantitative estimate of drug-likeness (QED) is 0.837. The third-order valence-electron chi connectivity index (χ3n) is 1.89. The number of nitrogens with one attached hydrogen (secondary N) is 1. The van der Waals surface area contributed by atoms with E-state index in [9.17, 15) is 14.0 Å². The van der Waals surface area contributed by atoms with Crippen LogP contribution in [0.1, 0.15) is 32.4 Å². The summed E-state index contributed by atoms with van der Waals surface area (Å²) in [4.78, 5) is 26.0. The molecule has 1 aromatic rings. The number of rotatable bonds is 3. The van der Waals surface area contributed by atoms with Gasteiger partial charge in [-0.15, -0.1) is 0 Å². The van der Waals surface area contributed by atoms with E-state index in [1.807, 2.05) is 0 Å². The average molecular weight is 254 g/mol. The number of ether oxygens (including phenoxy) is 1. The van der Waals surface area contributed by atoms with Gasteiger partial charge in [-0.1, -0.05) is 0 Å². The van der Waals surface area contributed by atoms with Crippen LogP contribution in [-0.2, 0) is 9.53 Å². The van der Waals surface area contributed by atoms with Gasteiger partial charge in [0.05, 0.1) is 6.20 Å². The molecule has 1 N–H and O–H groups in total. The van der Waals surface area contributed by atoms with Gasteiger partial charge >= 0.3 is 6.09 Å². The minimum absolute atomic E-state index is 0.260. The van der Waals surface area contributed by atoms with Crippen molar-refractivity contribution < 1.29 is 18.7 Å². The Hall–Kier alpha value is -1.98. The van der Waals surface area contributed by atoms with Crippen molar-refractivity contribution in [2.45, 2.75) is 32.4 Å². The van der Waals surface area contributed by atoms with Gasteiger partial charge in [0, 0.05) is 11.8 Å². The van der Waals surface area contributed by atoms with E-state index in [0.717, 1.165) is 12.3 Å². The maximum atomic E-state index is 13.0. The molecule has 1 atom stereocenters. The summed E-state index contributed by atoms with van der Waals surface area (Å²) in [7, 11) is 0. The molecular weight excluding hydrogens is 239 g/mol. The van der Waals surface area contributed by atoms with Crippen molar-refractivity contribution in [3.05, 3.63) is 29.8 Å². The van der Waals surface area contributed by atoms with E-state index in [1.165, 1.54) is 6.20 Å². The zero-order valence-electron chi connectivity index (χ0n) is 10.4. The van der Waals surface area contributed by atoms with E-state index in [1.54, 1.807) is 20.8 Å². The highest BCUT2D eigenvalue weighted by atomic mass is 19.1. The Morgan fingerprint density at radius 3 is 2.67 bits per heavy atom. The molecule has 0 aliphatic carbocycles. The number of nitrogens with zero attached hydrogens (tertiary/aromatic N) is 1. The summed E-state index contributed by atoms with van der Waals surface area (Å²) in [6, 6.07) is 0.145. The zero-order valence-corrected chi connectivity index (χ0v) is 10.4. The highest BCUT2D eigenvalue weighted by molar-refractivity contribution is 5.74. The van der Waals surface area contributed by atoms with Gasteiger partial charge in [0.1, 0.15) is 23.7 Å². The normalized spacial score (nSPS) is 12.7. The number of halogens is 1. The van der Waals surface area contributed by atoms with Gasteiger partial charge in [0.2, 0.25) is 0 Å². The molecule has 6 heteroatoms. The minimum Gasteiger partial charge on any atom is -0.444 e. The summed E-state index contributed by atoms with van der Waals surface area (Å²) in [5, 5.41) is 2.33. The van der Waals surface area contributed by atoms with Crippen LogP contribution in [0.15, 0.2) is 18.5 Å². The van der Waals surface area contributed by atoms with Crippen molar-refractivity contribution in [1.29, 1.82) is 0 Å².